The molecule has 1 aliphatic rings. The second kappa shape index (κ2) is 7.80. The number of halogens is 1. The van der Waals surface area contributed by atoms with Crippen LogP contribution in [-0.2, 0) is 11.2 Å². The Morgan fingerprint density at radius 1 is 1.24 bits per heavy atom. The number of amides is 1. The maximum Gasteiger partial charge on any atom is 0.223 e. The van der Waals surface area contributed by atoms with Crippen molar-refractivity contribution in [3.05, 3.63) is 65.5 Å². The van der Waals surface area contributed by atoms with Gasteiger partial charge < -0.3 is 10.2 Å². The molecule has 0 radical (unpaired) electrons. The third-order valence-electron chi connectivity index (χ3n) is 4.49. The van der Waals surface area contributed by atoms with Crippen molar-refractivity contribution < 1.29 is 9.18 Å². The van der Waals surface area contributed by atoms with Gasteiger partial charge >= 0.3 is 0 Å². The van der Waals surface area contributed by atoms with Crippen molar-refractivity contribution in [2.75, 3.05) is 25.0 Å². The molecule has 0 bridgehead atoms. The van der Waals surface area contributed by atoms with E-state index in [9.17, 15) is 9.18 Å². The summed E-state index contributed by atoms with van der Waals surface area (Å²) in [6.45, 7) is 2.02. The minimum Gasteiger partial charge on any atom is -0.384 e. The first kappa shape index (κ1) is 17.0. The highest BCUT2D eigenvalue weighted by atomic mass is 19.1. The molecule has 128 valence electrons. The number of nitrogens with zero attached hydrogens (tertiary/aromatic N) is 2. The van der Waals surface area contributed by atoms with Gasteiger partial charge in [0.15, 0.2) is 0 Å². The molecule has 0 unspecified atom stereocenters. The molecule has 1 amide bonds. The Morgan fingerprint density at radius 2 is 2.04 bits per heavy atom. The number of carbonyl (C=O) groups is 1. The zero-order valence-corrected chi connectivity index (χ0v) is 13.9. The van der Waals surface area contributed by atoms with Crippen molar-refractivity contribution in [1.82, 2.24) is 4.90 Å². The Hall–Kier alpha value is -2.87. The highest BCUT2D eigenvalue weighted by Gasteiger charge is 2.29. The molecule has 3 rings (SSSR count). The van der Waals surface area contributed by atoms with E-state index in [0.717, 1.165) is 13.0 Å². The van der Waals surface area contributed by atoms with E-state index in [0.29, 0.717) is 25.2 Å². The monoisotopic (exact) mass is 337 g/mol. The molecule has 1 saturated heterocycles. The molecule has 0 aromatic heterocycles. The lowest BCUT2D eigenvalue weighted by Crippen LogP contribution is -2.28. The third-order valence-corrected chi connectivity index (χ3v) is 4.49. The number of benzene rings is 2. The van der Waals surface area contributed by atoms with E-state index in [1.165, 1.54) is 17.7 Å². The average Bonchev–Trinajstić information content (AvgIpc) is 2.99. The molecule has 25 heavy (non-hydrogen) atoms. The largest absolute Gasteiger partial charge is 0.384 e. The first-order chi connectivity index (χ1) is 12.2. The summed E-state index contributed by atoms with van der Waals surface area (Å²) in [4.78, 5) is 14.1. The molecule has 0 aliphatic carbocycles. The van der Waals surface area contributed by atoms with Crippen molar-refractivity contribution in [1.29, 1.82) is 5.26 Å². The molecule has 1 N–H and O–H groups in total. The molecule has 2 aromatic rings. The van der Waals surface area contributed by atoms with Crippen LogP contribution in [0.4, 0.5) is 10.1 Å². The fourth-order valence-electron chi connectivity index (χ4n) is 3.13. The zero-order valence-electron chi connectivity index (χ0n) is 13.9. The molecule has 1 fully saturated rings. The lowest BCUT2D eigenvalue weighted by molar-refractivity contribution is -0.127. The molecule has 5 heteroatoms. The number of hydrogen-bond donors (Lipinski definition) is 1. The Labute approximate surface area is 146 Å². The van der Waals surface area contributed by atoms with E-state index in [2.05, 4.69) is 17.4 Å². The number of rotatable bonds is 6. The zero-order chi connectivity index (χ0) is 17.6. The predicted molar refractivity (Wildman–Crippen MR) is 94.4 cm³/mol. The molecule has 1 aliphatic heterocycles. The fraction of sp³-hybridized carbons (Fsp3) is 0.300. The second-order valence-corrected chi connectivity index (χ2v) is 6.33. The van der Waals surface area contributed by atoms with Crippen LogP contribution in [-0.4, -0.2) is 30.4 Å². The van der Waals surface area contributed by atoms with E-state index in [-0.39, 0.29) is 17.4 Å². The Kier molecular flexibility index (Phi) is 5.30. The lowest BCUT2D eigenvalue weighted by atomic mass is 10.1. The van der Waals surface area contributed by atoms with E-state index in [1.807, 2.05) is 29.2 Å². The van der Waals surface area contributed by atoms with E-state index < -0.39 is 5.82 Å². The van der Waals surface area contributed by atoms with Gasteiger partial charge in [-0.15, -0.1) is 0 Å². The Morgan fingerprint density at radius 3 is 2.80 bits per heavy atom. The minimum absolute atomic E-state index is 0.169. The van der Waals surface area contributed by atoms with Gasteiger partial charge in [0.25, 0.3) is 0 Å². The molecular weight excluding hydrogens is 317 g/mol. The van der Waals surface area contributed by atoms with Crippen molar-refractivity contribution in [3.63, 3.8) is 0 Å². The van der Waals surface area contributed by atoms with E-state index in [1.54, 1.807) is 6.07 Å². The van der Waals surface area contributed by atoms with Gasteiger partial charge in [-0.2, -0.15) is 5.26 Å². The number of carbonyl (C=O) groups excluding carboxylic acids is 1. The van der Waals surface area contributed by atoms with Crippen molar-refractivity contribution >= 4 is 11.6 Å². The SMILES string of the molecule is N#Cc1cc(F)ccc1NC[C@H]1CC(=O)N(CCc2ccccc2)C1. The van der Waals surface area contributed by atoms with Crippen LogP contribution in [0.2, 0.25) is 0 Å². The topological polar surface area (TPSA) is 56.1 Å². The summed E-state index contributed by atoms with van der Waals surface area (Å²) in [5, 5.41) is 12.3. The third kappa shape index (κ3) is 4.36. The first-order valence-corrected chi connectivity index (χ1v) is 8.41. The highest BCUT2D eigenvalue weighted by molar-refractivity contribution is 5.78. The minimum atomic E-state index is -0.426. The number of anilines is 1. The number of likely N-dealkylation sites (tertiary alicyclic amines) is 1. The summed E-state index contributed by atoms with van der Waals surface area (Å²) >= 11 is 0. The van der Waals surface area contributed by atoms with E-state index in [4.69, 9.17) is 5.26 Å². The van der Waals surface area contributed by atoms with Crippen LogP contribution in [0, 0.1) is 23.1 Å². The van der Waals surface area contributed by atoms with Crippen molar-refractivity contribution in [2.24, 2.45) is 5.92 Å². The quantitative estimate of drug-likeness (QED) is 0.881. The summed E-state index contributed by atoms with van der Waals surface area (Å²) in [6, 6.07) is 16.2. The van der Waals surface area contributed by atoms with Gasteiger partial charge in [0.1, 0.15) is 11.9 Å². The van der Waals surface area contributed by atoms with Crippen molar-refractivity contribution in [3.8, 4) is 6.07 Å². The number of hydrogen-bond acceptors (Lipinski definition) is 3. The summed E-state index contributed by atoms with van der Waals surface area (Å²) in [7, 11) is 0. The second-order valence-electron chi connectivity index (χ2n) is 6.33. The van der Waals surface area contributed by atoms with E-state index >= 15 is 0 Å². The van der Waals surface area contributed by atoms with Crippen molar-refractivity contribution in [2.45, 2.75) is 12.8 Å². The molecule has 0 spiro atoms. The van der Waals surface area contributed by atoms with Crippen LogP contribution in [0.15, 0.2) is 48.5 Å². The molecular formula is C20H20FN3O. The fourth-order valence-corrected chi connectivity index (χ4v) is 3.13. The van der Waals surface area contributed by atoms with Crippen LogP contribution in [0.1, 0.15) is 17.5 Å². The normalized spacial score (nSPS) is 16.7. The van der Waals surface area contributed by atoms with Gasteiger partial charge in [0, 0.05) is 32.0 Å². The molecule has 1 heterocycles. The van der Waals surface area contributed by atoms with Crippen LogP contribution in [0.3, 0.4) is 0 Å². The van der Waals surface area contributed by atoms with Gasteiger partial charge in [-0.3, -0.25) is 4.79 Å². The molecule has 0 saturated carbocycles. The van der Waals surface area contributed by atoms with Crippen LogP contribution in [0.25, 0.3) is 0 Å². The van der Waals surface area contributed by atoms with Gasteiger partial charge in [0.05, 0.1) is 11.3 Å². The molecule has 4 nitrogen and oxygen atoms in total. The number of nitrogens with one attached hydrogen (secondary N) is 1. The maximum atomic E-state index is 13.2. The molecule has 1 atom stereocenters. The smallest absolute Gasteiger partial charge is 0.223 e. The van der Waals surface area contributed by atoms with Gasteiger partial charge in [0.2, 0.25) is 5.91 Å². The number of nitriles is 1. The van der Waals surface area contributed by atoms with Gasteiger partial charge in [-0.25, -0.2) is 4.39 Å². The van der Waals surface area contributed by atoms with Crippen LogP contribution >= 0.6 is 0 Å². The first-order valence-electron chi connectivity index (χ1n) is 8.41. The van der Waals surface area contributed by atoms with Crippen LogP contribution < -0.4 is 5.32 Å². The Bertz CT molecular complexity index is 785. The summed E-state index contributed by atoms with van der Waals surface area (Å²) in [6.07, 6.45) is 1.36. The summed E-state index contributed by atoms with van der Waals surface area (Å²) in [5.74, 6) is -0.0626. The lowest BCUT2D eigenvalue weighted by Gasteiger charge is -2.17. The molecule has 2 aromatic carbocycles. The Balaban J connectivity index is 1.52. The summed E-state index contributed by atoms with van der Waals surface area (Å²) in [5.41, 5.74) is 2.12. The predicted octanol–water partition coefficient (Wildman–Crippen LogP) is 3.20. The maximum absolute atomic E-state index is 13.2. The average molecular weight is 337 g/mol. The van der Waals surface area contributed by atoms with Gasteiger partial charge in [-0.1, -0.05) is 30.3 Å². The van der Waals surface area contributed by atoms with Crippen LogP contribution in [0.5, 0.6) is 0 Å². The highest BCUT2D eigenvalue weighted by Crippen LogP contribution is 2.21. The standard InChI is InChI=1S/C20H20FN3O/c21-18-6-7-19(17(11-18)12-22)23-13-16-10-20(25)24(14-16)9-8-15-4-2-1-3-5-15/h1-7,11,16,23H,8-10,13-14H2/t16-/m1/s1. The summed E-state index contributed by atoms with van der Waals surface area (Å²) < 4.78 is 13.2. The van der Waals surface area contributed by atoms with Gasteiger partial charge in [-0.05, 0) is 30.2 Å².